The Balaban J connectivity index is 2.45. The zero-order chi connectivity index (χ0) is 13.4. The van der Waals surface area contributed by atoms with Crippen LogP contribution in [0, 0.1) is 0 Å². The fourth-order valence-electron chi connectivity index (χ4n) is 1.85. The normalized spacial score (nSPS) is 12.2. The van der Waals surface area contributed by atoms with Gasteiger partial charge in [-0.05, 0) is 29.9 Å². The number of nitrogens with one attached hydrogen (secondary N) is 1. The summed E-state index contributed by atoms with van der Waals surface area (Å²) in [5.41, 5.74) is 2.60. The fraction of sp³-hybridized carbons (Fsp3) is 0.533. The first-order chi connectivity index (χ1) is 8.63. The van der Waals surface area contributed by atoms with Crippen LogP contribution in [-0.2, 0) is 16.0 Å². The predicted molar refractivity (Wildman–Crippen MR) is 73.7 cm³/mol. The number of methoxy groups -OCH3 is 1. The van der Waals surface area contributed by atoms with Crippen molar-refractivity contribution in [2.45, 2.75) is 32.6 Å². The third kappa shape index (κ3) is 5.32. The molecular weight excluding hydrogens is 226 g/mol. The molecule has 1 amide bonds. The van der Waals surface area contributed by atoms with Crippen LogP contribution in [0.25, 0.3) is 0 Å². The van der Waals surface area contributed by atoms with E-state index in [4.69, 9.17) is 4.74 Å². The van der Waals surface area contributed by atoms with Crippen molar-refractivity contribution < 1.29 is 9.53 Å². The highest BCUT2D eigenvalue weighted by atomic mass is 16.5. The lowest BCUT2D eigenvalue weighted by atomic mass is 9.98. The first kappa shape index (κ1) is 14.7. The Morgan fingerprint density at radius 1 is 1.33 bits per heavy atom. The maximum absolute atomic E-state index is 10.9. The molecule has 1 N–H and O–H groups in total. The van der Waals surface area contributed by atoms with Gasteiger partial charge in [0.15, 0.2) is 0 Å². The van der Waals surface area contributed by atoms with E-state index in [1.165, 1.54) is 11.1 Å². The summed E-state index contributed by atoms with van der Waals surface area (Å²) in [6.45, 7) is 5.17. The lowest BCUT2D eigenvalue weighted by Crippen LogP contribution is -2.24. The molecule has 0 aliphatic carbocycles. The molecule has 1 atom stereocenters. The van der Waals surface area contributed by atoms with Crippen LogP contribution in [0.2, 0.25) is 0 Å². The Morgan fingerprint density at radius 2 is 2.00 bits per heavy atom. The minimum Gasteiger partial charge on any atom is -0.385 e. The molecule has 0 spiro atoms. The summed E-state index contributed by atoms with van der Waals surface area (Å²) in [5, 5.41) is 2.84. The first-order valence-electron chi connectivity index (χ1n) is 6.45. The Hall–Kier alpha value is -1.35. The van der Waals surface area contributed by atoms with Gasteiger partial charge in [0.1, 0.15) is 0 Å². The van der Waals surface area contributed by atoms with Gasteiger partial charge in [0, 0.05) is 27.2 Å². The third-order valence-corrected chi connectivity index (χ3v) is 3.02. The second-order valence-electron chi connectivity index (χ2n) is 4.68. The predicted octanol–water partition coefficient (Wildman–Crippen LogP) is 2.51. The van der Waals surface area contributed by atoms with Gasteiger partial charge < -0.3 is 10.1 Å². The highest BCUT2D eigenvalue weighted by Gasteiger charge is 2.05. The fourth-order valence-corrected chi connectivity index (χ4v) is 1.85. The number of carbonyl (C=O) groups is 1. The number of aryl methyl sites for hydroxylation is 1. The van der Waals surface area contributed by atoms with Gasteiger partial charge in [-0.2, -0.15) is 0 Å². The summed E-state index contributed by atoms with van der Waals surface area (Å²) >= 11 is 0. The minimum absolute atomic E-state index is 0.0260. The van der Waals surface area contributed by atoms with E-state index >= 15 is 0 Å². The largest absolute Gasteiger partial charge is 0.385 e. The van der Waals surface area contributed by atoms with Crippen LogP contribution in [0.4, 0.5) is 0 Å². The summed E-state index contributed by atoms with van der Waals surface area (Å²) in [4.78, 5) is 10.9. The number of rotatable bonds is 7. The number of ether oxygens (including phenoxy) is 1. The van der Waals surface area contributed by atoms with Crippen LogP contribution in [0.5, 0.6) is 0 Å². The Kier molecular flexibility index (Phi) is 6.44. The average molecular weight is 249 g/mol. The van der Waals surface area contributed by atoms with Gasteiger partial charge in [-0.1, -0.05) is 31.2 Å². The SMILES string of the molecule is COCCCc1ccc(C(C)CNC(C)=O)cc1. The van der Waals surface area contributed by atoms with E-state index in [0.29, 0.717) is 12.5 Å². The van der Waals surface area contributed by atoms with Crippen LogP contribution in [0.15, 0.2) is 24.3 Å². The Morgan fingerprint density at radius 3 is 2.56 bits per heavy atom. The van der Waals surface area contributed by atoms with E-state index in [1.54, 1.807) is 14.0 Å². The van der Waals surface area contributed by atoms with Gasteiger partial charge in [-0.15, -0.1) is 0 Å². The molecule has 0 heterocycles. The van der Waals surface area contributed by atoms with Gasteiger partial charge in [-0.3, -0.25) is 4.79 Å². The number of hydrogen-bond donors (Lipinski definition) is 1. The van der Waals surface area contributed by atoms with E-state index < -0.39 is 0 Å². The van der Waals surface area contributed by atoms with Gasteiger partial charge >= 0.3 is 0 Å². The van der Waals surface area contributed by atoms with Crippen molar-refractivity contribution in [3.63, 3.8) is 0 Å². The van der Waals surface area contributed by atoms with Crippen molar-refractivity contribution in [1.82, 2.24) is 5.32 Å². The summed E-state index contributed by atoms with van der Waals surface area (Å²) in [6.07, 6.45) is 2.10. The number of hydrogen-bond acceptors (Lipinski definition) is 2. The molecule has 0 saturated heterocycles. The summed E-state index contributed by atoms with van der Waals surface area (Å²) in [7, 11) is 1.73. The molecule has 0 radical (unpaired) electrons. The average Bonchev–Trinajstić information content (AvgIpc) is 2.37. The molecule has 1 aromatic rings. The molecule has 3 heteroatoms. The van der Waals surface area contributed by atoms with Crippen molar-refractivity contribution >= 4 is 5.91 Å². The first-order valence-corrected chi connectivity index (χ1v) is 6.45. The summed E-state index contributed by atoms with van der Waals surface area (Å²) in [5.74, 6) is 0.375. The van der Waals surface area contributed by atoms with Gasteiger partial charge in [-0.25, -0.2) is 0 Å². The summed E-state index contributed by atoms with van der Waals surface area (Å²) < 4.78 is 5.04. The Labute approximate surface area is 110 Å². The van der Waals surface area contributed by atoms with Crippen LogP contribution in [-0.4, -0.2) is 26.2 Å². The second-order valence-corrected chi connectivity index (χ2v) is 4.68. The van der Waals surface area contributed by atoms with Crippen molar-refractivity contribution in [2.75, 3.05) is 20.3 Å². The molecule has 0 aliphatic rings. The van der Waals surface area contributed by atoms with Crippen molar-refractivity contribution in [3.05, 3.63) is 35.4 Å². The van der Waals surface area contributed by atoms with Crippen LogP contribution in [0.1, 0.15) is 37.3 Å². The van der Waals surface area contributed by atoms with E-state index in [-0.39, 0.29) is 5.91 Å². The molecule has 18 heavy (non-hydrogen) atoms. The van der Waals surface area contributed by atoms with Gasteiger partial charge in [0.25, 0.3) is 0 Å². The molecule has 1 unspecified atom stereocenters. The van der Waals surface area contributed by atoms with Gasteiger partial charge in [0.2, 0.25) is 5.91 Å². The highest BCUT2D eigenvalue weighted by molar-refractivity contribution is 5.72. The highest BCUT2D eigenvalue weighted by Crippen LogP contribution is 2.15. The molecule has 3 nitrogen and oxygen atoms in total. The topological polar surface area (TPSA) is 38.3 Å². The Bertz CT molecular complexity index is 359. The quantitative estimate of drug-likeness (QED) is 0.754. The molecule has 0 saturated carbocycles. The maximum atomic E-state index is 10.9. The third-order valence-electron chi connectivity index (χ3n) is 3.02. The van der Waals surface area contributed by atoms with E-state index in [2.05, 4.69) is 36.5 Å². The second kappa shape index (κ2) is 7.88. The molecule has 1 aromatic carbocycles. The van der Waals surface area contributed by atoms with E-state index in [9.17, 15) is 4.79 Å². The molecule has 1 rings (SSSR count). The van der Waals surface area contributed by atoms with E-state index in [0.717, 1.165) is 19.4 Å². The number of benzene rings is 1. The molecule has 0 fully saturated rings. The molecule has 0 aliphatic heterocycles. The van der Waals surface area contributed by atoms with Crippen molar-refractivity contribution in [2.24, 2.45) is 0 Å². The van der Waals surface area contributed by atoms with Crippen LogP contribution < -0.4 is 5.32 Å². The lowest BCUT2D eigenvalue weighted by Gasteiger charge is -2.12. The maximum Gasteiger partial charge on any atom is 0.216 e. The number of amides is 1. The smallest absolute Gasteiger partial charge is 0.216 e. The van der Waals surface area contributed by atoms with Crippen molar-refractivity contribution in [1.29, 1.82) is 0 Å². The van der Waals surface area contributed by atoms with Gasteiger partial charge in [0.05, 0.1) is 0 Å². The molecular formula is C15H23NO2. The summed E-state index contributed by atoms with van der Waals surface area (Å²) in [6, 6.07) is 8.62. The minimum atomic E-state index is 0.0260. The van der Waals surface area contributed by atoms with Crippen molar-refractivity contribution in [3.8, 4) is 0 Å². The van der Waals surface area contributed by atoms with Crippen LogP contribution >= 0.6 is 0 Å². The monoisotopic (exact) mass is 249 g/mol. The molecule has 100 valence electrons. The zero-order valence-corrected chi connectivity index (χ0v) is 11.5. The lowest BCUT2D eigenvalue weighted by molar-refractivity contribution is -0.119. The van der Waals surface area contributed by atoms with E-state index in [1.807, 2.05) is 0 Å². The number of carbonyl (C=O) groups excluding carboxylic acids is 1. The standard InChI is InChI=1S/C15H23NO2/c1-12(11-16-13(2)17)15-8-6-14(7-9-15)5-4-10-18-3/h6-9,12H,4-5,10-11H2,1-3H3,(H,16,17). The zero-order valence-electron chi connectivity index (χ0n) is 11.5. The van der Waals surface area contributed by atoms with Crippen LogP contribution in [0.3, 0.4) is 0 Å². The molecule has 0 bridgehead atoms. The molecule has 0 aromatic heterocycles.